The Bertz CT molecular complexity index is 997. The molecule has 1 aromatic rings. The number of ketones is 1. The van der Waals surface area contributed by atoms with Gasteiger partial charge < -0.3 is 4.90 Å². The highest BCUT2D eigenvalue weighted by Gasteiger charge is 2.49. The van der Waals surface area contributed by atoms with Crippen LogP contribution in [0.1, 0.15) is 95.5 Å². The highest BCUT2D eigenvalue weighted by molar-refractivity contribution is 5.83. The molecule has 1 atom stereocenters. The lowest BCUT2D eigenvalue weighted by Gasteiger charge is -2.49. The number of unbranched alkanes of at least 4 members (excludes halogenated alkanes) is 2. The molecule has 2 heterocycles. The molecule has 2 aliphatic carbocycles. The number of H-pyrrole nitrogens is 1. The summed E-state index contributed by atoms with van der Waals surface area (Å²) in [6.07, 6.45) is 2.99. The third kappa shape index (κ3) is 6.36. The minimum Gasteiger partial charge on any atom is -0.342 e. The minimum atomic E-state index is -4.68. The molecule has 0 radical (unpaired) electrons. The van der Waals surface area contributed by atoms with Crippen molar-refractivity contribution in [1.82, 2.24) is 20.0 Å². The van der Waals surface area contributed by atoms with Gasteiger partial charge in [-0.3, -0.25) is 19.3 Å². The number of Topliss-reactive ketones (excluding diaryl/α,β-unsaturated/α-hetero) is 1. The van der Waals surface area contributed by atoms with Crippen LogP contribution in [0.25, 0.3) is 0 Å². The van der Waals surface area contributed by atoms with Crippen LogP contribution in [0.15, 0.2) is 4.79 Å². The number of halogens is 3. The molecule has 1 aromatic heterocycles. The third-order valence-electron chi connectivity index (χ3n) is 7.54. The number of alkyl halides is 3. The van der Waals surface area contributed by atoms with Crippen LogP contribution in [0.3, 0.4) is 0 Å². The second-order valence-electron chi connectivity index (χ2n) is 10.7. The zero-order chi connectivity index (χ0) is 26.7. The van der Waals surface area contributed by atoms with E-state index >= 15 is 0 Å². The van der Waals surface area contributed by atoms with Crippen LogP contribution in [-0.2, 0) is 22.2 Å². The summed E-state index contributed by atoms with van der Waals surface area (Å²) in [5.74, 6) is 0.888. The van der Waals surface area contributed by atoms with Crippen molar-refractivity contribution in [3.63, 3.8) is 0 Å². The number of amides is 1. The second kappa shape index (κ2) is 11.4. The molecule has 1 saturated carbocycles. The molecular formula is C26H39F3N4O3. The Balaban J connectivity index is 0.000000223. The number of aromatic amines is 1. The number of fused-ring (bicyclic) bond motifs is 1. The maximum absolute atomic E-state index is 13.1. The summed E-state index contributed by atoms with van der Waals surface area (Å²) in [4.78, 5) is 38.9. The van der Waals surface area contributed by atoms with Crippen molar-refractivity contribution in [3.8, 4) is 0 Å². The largest absolute Gasteiger partial charge is 0.422 e. The number of nitrogens with zero attached hydrogens (tertiary/aromatic N) is 3. The standard InChI is InChI=1S/C14H16F3N3O2.C12H23NO/c1-7(21)13(2)5-20(6-13)9-4-3-8-10(14(15,16)17)12(22)19-18-11(8)9;1-3-5-6-10-13(9-4-2)12(14)11-7-8-11/h9H,3-6H2,1-2H3,(H,19,22);11H,3-10H2,1-2H3. The monoisotopic (exact) mass is 512 g/mol. The van der Waals surface area contributed by atoms with Gasteiger partial charge in [0.05, 0.1) is 17.2 Å². The summed E-state index contributed by atoms with van der Waals surface area (Å²) in [5.41, 5.74) is -2.47. The Hall–Kier alpha value is -2.23. The highest BCUT2D eigenvalue weighted by Crippen LogP contribution is 2.44. The zero-order valence-corrected chi connectivity index (χ0v) is 21.8. The topological polar surface area (TPSA) is 86.4 Å². The van der Waals surface area contributed by atoms with E-state index in [0.29, 0.717) is 31.3 Å². The van der Waals surface area contributed by atoms with Gasteiger partial charge in [0, 0.05) is 32.1 Å². The number of carbonyl (C=O) groups is 2. The smallest absolute Gasteiger partial charge is 0.342 e. The van der Waals surface area contributed by atoms with E-state index in [-0.39, 0.29) is 29.5 Å². The van der Waals surface area contributed by atoms with Gasteiger partial charge in [-0.15, -0.1) is 0 Å². The van der Waals surface area contributed by atoms with Crippen LogP contribution >= 0.6 is 0 Å². The third-order valence-corrected chi connectivity index (χ3v) is 7.54. The number of aromatic nitrogens is 2. The quantitative estimate of drug-likeness (QED) is 0.492. The molecule has 0 spiro atoms. The normalized spacial score (nSPS) is 20.7. The Morgan fingerprint density at radius 1 is 1.11 bits per heavy atom. The zero-order valence-electron chi connectivity index (χ0n) is 21.8. The lowest BCUT2D eigenvalue weighted by molar-refractivity contribution is -0.139. The predicted molar refractivity (Wildman–Crippen MR) is 130 cm³/mol. The molecule has 10 heteroatoms. The number of carbonyl (C=O) groups excluding carboxylic acids is 2. The number of likely N-dealkylation sites (tertiary alicyclic amines) is 1. The Morgan fingerprint density at radius 3 is 2.31 bits per heavy atom. The van der Waals surface area contributed by atoms with Crippen LogP contribution in [-0.4, -0.2) is 57.9 Å². The van der Waals surface area contributed by atoms with Crippen molar-refractivity contribution in [2.75, 3.05) is 26.2 Å². The second-order valence-corrected chi connectivity index (χ2v) is 10.7. The molecule has 4 rings (SSSR count). The Kier molecular flexibility index (Phi) is 9.01. The van der Waals surface area contributed by atoms with E-state index in [0.717, 1.165) is 32.4 Å². The molecular weight excluding hydrogens is 473 g/mol. The van der Waals surface area contributed by atoms with E-state index in [1.54, 1.807) is 0 Å². The first-order valence-corrected chi connectivity index (χ1v) is 13.2. The molecule has 1 saturated heterocycles. The van der Waals surface area contributed by atoms with Gasteiger partial charge in [0.1, 0.15) is 11.3 Å². The molecule has 1 amide bonds. The molecule has 2 fully saturated rings. The molecule has 36 heavy (non-hydrogen) atoms. The molecule has 1 N–H and O–H groups in total. The summed E-state index contributed by atoms with van der Waals surface area (Å²) in [7, 11) is 0. The van der Waals surface area contributed by atoms with Gasteiger partial charge in [-0.25, -0.2) is 5.10 Å². The van der Waals surface area contributed by atoms with E-state index in [2.05, 4.69) is 23.8 Å². The fraction of sp³-hybridized carbons (Fsp3) is 0.769. The first-order chi connectivity index (χ1) is 16.9. The molecule has 202 valence electrons. The Labute approximate surface area is 210 Å². The SMILES string of the molecule is CC(=O)C1(C)CN(C2CCc3c2n[nH]c(=O)c3C(F)(F)F)C1.CCCCCN(CCC)C(=O)C1CC1. The van der Waals surface area contributed by atoms with Crippen LogP contribution in [0.2, 0.25) is 0 Å². The molecule has 1 aliphatic heterocycles. The fourth-order valence-corrected chi connectivity index (χ4v) is 5.14. The van der Waals surface area contributed by atoms with Crippen molar-refractivity contribution >= 4 is 11.7 Å². The molecule has 1 unspecified atom stereocenters. The minimum absolute atomic E-state index is 0.00215. The van der Waals surface area contributed by atoms with Crippen molar-refractivity contribution < 1.29 is 22.8 Å². The van der Waals surface area contributed by atoms with E-state index in [4.69, 9.17) is 0 Å². The number of hydrogen-bond acceptors (Lipinski definition) is 5. The summed E-state index contributed by atoms with van der Waals surface area (Å²) >= 11 is 0. The van der Waals surface area contributed by atoms with Gasteiger partial charge in [0.2, 0.25) is 5.91 Å². The number of rotatable bonds is 9. The average Bonchev–Trinajstić information content (AvgIpc) is 3.55. The van der Waals surface area contributed by atoms with Gasteiger partial charge in [-0.1, -0.05) is 33.6 Å². The number of hydrogen-bond donors (Lipinski definition) is 1. The average molecular weight is 513 g/mol. The predicted octanol–water partition coefficient (Wildman–Crippen LogP) is 4.51. The van der Waals surface area contributed by atoms with Crippen LogP contribution < -0.4 is 5.56 Å². The van der Waals surface area contributed by atoms with Crippen molar-refractivity contribution in [2.45, 2.75) is 91.3 Å². The summed E-state index contributed by atoms with van der Waals surface area (Å²) < 4.78 is 39.2. The molecule has 3 aliphatic rings. The van der Waals surface area contributed by atoms with Crippen LogP contribution in [0.5, 0.6) is 0 Å². The molecule has 7 nitrogen and oxygen atoms in total. The van der Waals surface area contributed by atoms with Crippen molar-refractivity contribution in [2.24, 2.45) is 11.3 Å². The van der Waals surface area contributed by atoms with Gasteiger partial charge in [0.15, 0.2) is 0 Å². The highest BCUT2D eigenvalue weighted by atomic mass is 19.4. The fourth-order valence-electron chi connectivity index (χ4n) is 5.14. The van der Waals surface area contributed by atoms with E-state index < -0.39 is 22.7 Å². The van der Waals surface area contributed by atoms with E-state index in [9.17, 15) is 27.6 Å². The maximum atomic E-state index is 13.1. The van der Waals surface area contributed by atoms with Crippen molar-refractivity contribution in [3.05, 3.63) is 27.2 Å². The first kappa shape index (κ1) is 28.3. The summed E-state index contributed by atoms with van der Waals surface area (Å²) in [5, 5.41) is 5.81. The lowest BCUT2D eigenvalue weighted by Crippen LogP contribution is -2.58. The van der Waals surface area contributed by atoms with E-state index in [1.165, 1.54) is 26.2 Å². The van der Waals surface area contributed by atoms with Gasteiger partial charge in [-0.2, -0.15) is 18.3 Å². The first-order valence-electron chi connectivity index (χ1n) is 13.2. The maximum Gasteiger partial charge on any atom is 0.422 e. The lowest BCUT2D eigenvalue weighted by atomic mass is 9.77. The van der Waals surface area contributed by atoms with Crippen molar-refractivity contribution in [1.29, 1.82) is 0 Å². The number of nitrogens with one attached hydrogen (secondary N) is 1. The van der Waals surface area contributed by atoms with Crippen LogP contribution in [0.4, 0.5) is 13.2 Å². The van der Waals surface area contributed by atoms with E-state index in [1.807, 2.05) is 16.9 Å². The van der Waals surface area contributed by atoms with Gasteiger partial charge in [-0.05, 0) is 51.0 Å². The van der Waals surface area contributed by atoms with Gasteiger partial charge in [0.25, 0.3) is 5.56 Å². The van der Waals surface area contributed by atoms with Crippen LogP contribution in [0, 0.1) is 11.3 Å². The Morgan fingerprint density at radius 2 is 1.78 bits per heavy atom. The summed E-state index contributed by atoms with van der Waals surface area (Å²) in [6, 6.07) is -0.264. The summed E-state index contributed by atoms with van der Waals surface area (Å²) in [6.45, 7) is 10.7. The molecule has 0 bridgehead atoms. The molecule has 0 aromatic carbocycles. The van der Waals surface area contributed by atoms with Gasteiger partial charge >= 0.3 is 6.18 Å².